The number of amides is 1. The van der Waals surface area contributed by atoms with E-state index in [2.05, 4.69) is 5.92 Å². The fourth-order valence-electron chi connectivity index (χ4n) is 2.42. The van der Waals surface area contributed by atoms with Crippen molar-refractivity contribution in [2.45, 2.75) is 31.5 Å². The second kappa shape index (κ2) is 2.91. The van der Waals surface area contributed by atoms with Crippen LogP contribution in [-0.2, 0) is 4.79 Å². The molecular formula is C10H10F3NO. The molecule has 2 aliphatic rings. The Balaban J connectivity index is 2.09. The predicted octanol–water partition coefficient (Wildman–Crippen LogP) is 1.56. The minimum absolute atomic E-state index is 0.167. The lowest BCUT2D eigenvalue weighted by molar-refractivity contribution is -0.206. The predicted molar refractivity (Wildman–Crippen MR) is 46.7 cm³/mol. The van der Waals surface area contributed by atoms with E-state index in [1.54, 1.807) is 0 Å². The van der Waals surface area contributed by atoms with Gasteiger partial charge < -0.3 is 4.90 Å². The van der Waals surface area contributed by atoms with Crippen LogP contribution < -0.4 is 0 Å². The molecule has 2 fully saturated rings. The number of likely N-dealkylation sites (tertiary alicyclic amines) is 1. The lowest BCUT2D eigenvalue weighted by Crippen LogP contribution is -2.70. The average Bonchev–Trinajstić information content (AvgIpc) is 1.98. The van der Waals surface area contributed by atoms with Gasteiger partial charge in [0.25, 0.3) is 0 Å². The van der Waals surface area contributed by atoms with Gasteiger partial charge in [-0.2, -0.15) is 13.2 Å². The van der Waals surface area contributed by atoms with E-state index < -0.39 is 18.1 Å². The van der Waals surface area contributed by atoms with E-state index in [-0.39, 0.29) is 12.0 Å². The van der Waals surface area contributed by atoms with Crippen molar-refractivity contribution in [3.05, 3.63) is 0 Å². The van der Waals surface area contributed by atoms with E-state index in [0.717, 1.165) is 24.2 Å². The maximum Gasteiger partial charge on any atom is 0.471 e. The number of hydrogen-bond acceptors (Lipinski definition) is 1. The molecule has 0 N–H and O–H groups in total. The van der Waals surface area contributed by atoms with E-state index in [9.17, 15) is 18.0 Å². The summed E-state index contributed by atoms with van der Waals surface area (Å²) in [4.78, 5) is 11.7. The Kier molecular flexibility index (Phi) is 2.00. The molecule has 1 atom stereocenters. The first-order valence-electron chi connectivity index (χ1n) is 4.75. The maximum absolute atomic E-state index is 12.1. The summed E-state index contributed by atoms with van der Waals surface area (Å²) in [6.45, 7) is 0.167. The van der Waals surface area contributed by atoms with Crippen molar-refractivity contribution in [3.63, 3.8) is 0 Å². The fourth-order valence-corrected chi connectivity index (χ4v) is 2.42. The SMILES string of the molecule is C#CC1N(C(=O)C(F)(F)F)CC12CCC2. The van der Waals surface area contributed by atoms with Crippen molar-refractivity contribution >= 4 is 5.91 Å². The molecule has 1 amide bonds. The van der Waals surface area contributed by atoms with E-state index in [0.29, 0.717) is 0 Å². The summed E-state index contributed by atoms with van der Waals surface area (Å²) in [5.41, 5.74) is -0.199. The second-order valence-corrected chi connectivity index (χ2v) is 4.22. The van der Waals surface area contributed by atoms with Gasteiger partial charge in [-0.15, -0.1) is 6.42 Å². The number of rotatable bonds is 0. The molecule has 0 aromatic rings. The van der Waals surface area contributed by atoms with Gasteiger partial charge in [-0.25, -0.2) is 0 Å². The maximum atomic E-state index is 12.1. The van der Waals surface area contributed by atoms with Crippen molar-refractivity contribution < 1.29 is 18.0 Å². The molecule has 15 heavy (non-hydrogen) atoms. The van der Waals surface area contributed by atoms with Crippen LogP contribution in [0, 0.1) is 17.8 Å². The fraction of sp³-hybridized carbons (Fsp3) is 0.700. The van der Waals surface area contributed by atoms with Crippen LogP contribution >= 0.6 is 0 Å². The highest BCUT2D eigenvalue weighted by atomic mass is 19.4. The third-order valence-electron chi connectivity index (χ3n) is 3.39. The molecule has 1 aliphatic carbocycles. The number of carbonyl (C=O) groups is 1. The lowest BCUT2D eigenvalue weighted by Gasteiger charge is -2.60. The molecule has 1 heterocycles. The summed E-state index contributed by atoms with van der Waals surface area (Å²) in [6.07, 6.45) is 3.04. The Bertz CT molecular complexity index is 338. The molecule has 1 aliphatic heterocycles. The van der Waals surface area contributed by atoms with Crippen LogP contribution in [0.25, 0.3) is 0 Å². The summed E-state index contributed by atoms with van der Waals surface area (Å²) >= 11 is 0. The molecule has 0 bridgehead atoms. The Labute approximate surface area is 85.4 Å². The van der Waals surface area contributed by atoms with Crippen molar-refractivity contribution in [2.24, 2.45) is 5.41 Å². The van der Waals surface area contributed by atoms with Gasteiger partial charge in [0.15, 0.2) is 0 Å². The first-order valence-corrected chi connectivity index (χ1v) is 4.75. The molecule has 1 spiro atoms. The molecule has 0 aromatic carbocycles. The number of halogens is 3. The zero-order valence-corrected chi connectivity index (χ0v) is 7.97. The second-order valence-electron chi connectivity index (χ2n) is 4.22. The summed E-state index contributed by atoms with van der Waals surface area (Å²) < 4.78 is 36.4. The average molecular weight is 217 g/mol. The lowest BCUT2D eigenvalue weighted by atomic mass is 9.58. The van der Waals surface area contributed by atoms with Gasteiger partial charge >= 0.3 is 12.1 Å². The van der Waals surface area contributed by atoms with Crippen LogP contribution in [0.3, 0.4) is 0 Å². The summed E-state index contributed by atoms with van der Waals surface area (Å²) in [7, 11) is 0. The van der Waals surface area contributed by atoms with Gasteiger partial charge in [0, 0.05) is 12.0 Å². The van der Waals surface area contributed by atoms with Crippen molar-refractivity contribution in [1.29, 1.82) is 0 Å². The van der Waals surface area contributed by atoms with E-state index in [4.69, 9.17) is 6.42 Å². The first-order chi connectivity index (χ1) is 6.91. The molecule has 2 nitrogen and oxygen atoms in total. The van der Waals surface area contributed by atoms with E-state index in [1.807, 2.05) is 0 Å². The Morgan fingerprint density at radius 1 is 1.47 bits per heavy atom. The van der Waals surface area contributed by atoms with Crippen molar-refractivity contribution in [1.82, 2.24) is 4.90 Å². The number of nitrogens with zero attached hydrogens (tertiary/aromatic N) is 1. The highest BCUT2D eigenvalue weighted by Gasteiger charge is 2.60. The third-order valence-corrected chi connectivity index (χ3v) is 3.39. The summed E-state index contributed by atoms with van der Waals surface area (Å²) in [6, 6.07) is -0.652. The molecular weight excluding hydrogens is 207 g/mol. The largest absolute Gasteiger partial charge is 0.471 e. The molecule has 82 valence electrons. The normalized spacial score (nSPS) is 27.9. The van der Waals surface area contributed by atoms with Crippen LogP contribution in [0.5, 0.6) is 0 Å². The number of carbonyl (C=O) groups excluding carboxylic acids is 1. The third kappa shape index (κ3) is 1.31. The smallest absolute Gasteiger partial charge is 0.320 e. The zero-order chi connectivity index (χ0) is 11.3. The van der Waals surface area contributed by atoms with E-state index in [1.165, 1.54) is 0 Å². The molecule has 1 unspecified atom stereocenters. The molecule has 5 heteroatoms. The van der Waals surface area contributed by atoms with Crippen LogP contribution in [0.15, 0.2) is 0 Å². The molecule has 1 saturated carbocycles. The minimum atomic E-state index is -4.81. The van der Waals surface area contributed by atoms with Gasteiger partial charge in [-0.1, -0.05) is 12.3 Å². The molecule has 0 aromatic heterocycles. The van der Waals surface area contributed by atoms with Crippen molar-refractivity contribution in [3.8, 4) is 12.3 Å². The summed E-state index contributed by atoms with van der Waals surface area (Å²) in [5.74, 6) is 0.500. The van der Waals surface area contributed by atoms with Crippen LogP contribution in [-0.4, -0.2) is 29.6 Å². The van der Waals surface area contributed by atoms with Gasteiger partial charge in [0.05, 0.1) is 0 Å². The van der Waals surface area contributed by atoms with Gasteiger partial charge in [0.1, 0.15) is 6.04 Å². The monoisotopic (exact) mass is 217 g/mol. The molecule has 2 rings (SSSR count). The Morgan fingerprint density at radius 3 is 2.40 bits per heavy atom. The summed E-state index contributed by atoms with van der Waals surface area (Å²) in [5, 5.41) is 0. The highest BCUT2D eigenvalue weighted by molar-refractivity contribution is 5.83. The van der Waals surface area contributed by atoms with Gasteiger partial charge in [-0.3, -0.25) is 4.79 Å². The Hall–Kier alpha value is -1.18. The Morgan fingerprint density at radius 2 is 2.07 bits per heavy atom. The van der Waals surface area contributed by atoms with Gasteiger partial charge in [0.2, 0.25) is 0 Å². The van der Waals surface area contributed by atoms with Crippen molar-refractivity contribution in [2.75, 3.05) is 6.54 Å². The molecule has 1 saturated heterocycles. The minimum Gasteiger partial charge on any atom is -0.320 e. The van der Waals surface area contributed by atoms with Gasteiger partial charge in [-0.05, 0) is 12.8 Å². The van der Waals surface area contributed by atoms with Crippen LogP contribution in [0.1, 0.15) is 19.3 Å². The van der Waals surface area contributed by atoms with Crippen LogP contribution in [0.2, 0.25) is 0 Å². The standard InChI is InChI=1S/C10H10F3NO/c1-2-7-9(4-3-5-9)6-14(7)8(15)10(11,12)13/h1,7H,3-6H2. The zero-order valence-electron chi connectivity index (χ0n) is 7.97. The first kappa shape index (κ1) is 10.3. The topological polar surface area (TPSA) is 20.3 Å². The number of terminal acetylenes is 1. The van der Waals surface area contributed by atoms with Crippen LogP contribution in [0.4, 0.5) is 13.2 Å². The quantitative estimate of drug-likeness (QED) is 0.564. The number of alkyl halides is 3. The molecule has 0 radical (unpaired) electrons. The highest BCUT2D eigenvalue weighted by Crippen LogP contribution is 2.53. The van der Waals surface area contributed by atoms with E-state index >= 15 is 0 Å². The number of hydrogen-bond donors (Lipinski definition) is 0.